The average molecular weight is 299 g/mol. The molecular weight excluding hydrogens is 266 g/mol. The molecule has 2 fully saturated rings. The van der Waals surface area contributed by atoms with Crippen molar-refractivity contribution >= 4 is 0 Å². The van der Waals surface area contributed by atoms with Crippen LogP contribution in [0.5, 0.6) is 0 Å². The van der Waals surface area contributed by atoms with Gasteiger partial charge in [0.05, 0.1) is 13.2 Å². The molecule has 1 heterocycles. The molecule has 0 amide bonds. The van der Waals surface area contributed by atoms with Crippen molar-refractivity contribution < 1.29 is 9.47 Å². The van der Waals surface area contributed by atoms with Gasteiger partial charge in [-0.15, -0.1) is 0 Å². The van der Waals surface area contributed by atoms with E-state index >= 15 is 0 Å². The molecule has 5 heteroatoms. The maximum absolute atomic E-state index is 6.45. The predicted octanol–water partition coefficient (Wildman–Crippen LogP) is 1.13. The summed E-state index contributed by atoms with van der Waals surface area (Å²) in [5.41, 5.74) is 6.45. The van der Waals surface area contributed by atoms with Gasteiger partial charge in [0.2, 0.25) is 0 Å². The van der Waals surface area contributed by atoms with Crippen molar-refractivity contribution in [2.24, 2.45) is 11.7 Å². The van der Waals surface area contributed by atoms with Crippen LogP contribution in [0.1, 0.15) is 33.1 Å². The quantitative estimate of drug-likeness (QED) is 0.797. The summed E-state index contributed by atoms with van der Waals surface area (Å²) < 4.78 is 11.9. The van der Waals surface area contributed by atoms with Crippen molar-refractivity contribution in [2.75, 3.05) is 46.9 Å². The molecule has 1 spiro atoms. The number of rotatable bonds is 6. The highest BCUT2D eigenvalue weighted by Crippen LogP contribution is 2.37. The SMILES string of the molecule is CC(C)CN(CCN(C)C)C1CC2(CCC1N)OCCO2. The lowest BCUT2D eigenvalue weighted by molar-refractivity contribution is -0.192. The molecule has 1 saturated carbocycles. The van der Waals surface area contributed by atoms with Crippen molar-refractivity contribution in [3.63, 3.8) is 0 Å². The van der Waals surface area contributed by atoms with Gasteiger partial charge in [-0.25, -0.2) is 0 Å². The third-order valence-corrected chi connectivity index (χ3v) is 4.59. The van der Waals surface area contributed by atoms with Crippen molar-refractivity contribution in [2.45, 2.75) is 51.0 Å². The Morgan fingerprint density at radius 1 is 1.19 bits per heavy atom. The highest BCUT2D eigenvalue weighted by atomic mass is 16.7. The normalized spacial score (nSPS) is 29.1. The Bertz CT molecular complexity index is 317. The molecule has 2 unspecified atom stereocenters. The first-order valence-corrected chi connectivity index (χ1v) is 8.34. The summed E-state index contributed by atoms with van der Waals surface area (Å²) in [6, 6.07) is 0.587. The van der Waals surface area contributed by atoms with Gasteiger partial charge in [-0.3, -0.25) is 4.90 Å². The molecule has 1 saturated heterocycles. The maximum atomic E-state index is 6.45. The van der Waals surface area contributed by atoms with Gasteiger partial charge in [0.15, 0.2) is 5.79 Å². The Balaban J connectivity index is 2.03. The third kappa shape index (κ3) is 4.63. The standard InChI is InChI=1S/C16H33N3O2/c1-13(2)12-19(8-7-18(3)4)15-11-16(6-5-14(15)17)20-9-10-21-16/h13-15H,5-12,17H2,1-4H3. The lowest BCUT2D eigenvalue weighted by atomic mass is 9.84. The molecule has 1 aliphatic heterocycles. The van der Waals surface area contributed by atoms with Crippen molar-refractivity contribution in [3.8, 4) is 0 Å². The average Bonchev–Trinajstić information content (AvgIpc) is 2.86. The van der Waals surface area contributed by atoms with E-state index in [2.05, 4.69) is 37.7 Å². The minimum absolute atomic E-state index is 0.226. The van der Waals surface area contributed by atoms with Crippen LogP contribution >= 0.6 is 0 Å². The molecule has 21 heavy (non-hydrogen) atoms. The zero-order valence-corrected chi connectivity index (χ0v) is 14.2. The summed E-state index contributed by atoms with van der Waals surface area (Å²) in [5, 5.41) is 0. The fraction of sp³-hybridized carbons (Fsp3) is 1.00. The van der Waals surface area contributed by atoms with Gasteiger partial charge in [-0.05, 0) is 26.4 Å². The molecule has 5 nitrogen and oxygen atoms in total. The topological polar surface area (TPSA) is 51.0 Å². The van der Waals surface area contributed by atoms with Crippen LogP contribution in [0.3, 0.4) is 0 Å². The van der Waals surface area contributed by atoms with E-state index in [1.807, 2.05) is 0 Å². The van der Waals surface area contributed by atoms with Gasteiger partial charge in [0, 0.05) is 44.6 Å². The molecule has 2 aliphatic rings. The molecule has 0 bridgehead atoms. The highest BCUT2D eigenvalue weighted by Gasteiger charge is 2.45. The highest BCUT2D eigenvalue weighted by molar-refractivity contribution is 4.95. The van der Waals surface area contributed by atoms with Crippen molar-refractivity contribution in [1.82, 2.24) is 9.80 Å². The molecule has 2 N–H and O–H groups in total. The predicted molar refractivity (Wildman–Crippen MR) is 85.2 cm³/mol. The van der Waals surface area contributed by atoms with Crippen molar-refractivity contribution in [1.29, 1.82) is 0 Å². The fourth-order valence-electron chi connectivity index (χ4n) is 3.50. The van der Waals surface area contributed by atoms with Crippen LogP contribution in [0.15, 0.2) is 0 Å². The van der Waals surface area contributed by atoms with Crippen LogP contribution in [0, 0.1) is 5.92 Å². The van der Waals surface area contributed by atoms with Crippen molar-refractivity contribution in [3.05, 3.63) is 0 Å². The lowest BCUT2D eigenvalue weighted by Gasteiger charge is -2.45. The molecule has 0 aromatic carbocycles. The number of likely N-dealkylation sites (N-methyl/N-ethyl adjacent to an activating group) is 1. The van der Waals surface area contributed by atoms with Gasteiger partial charge in [0.25, 0.3) is 0 Å². The summed E-state index contributed by atoms with van der Waals surface area (Å²) >= 11 is 0. The smallest absolute Gasteiger partial charge is 0.170 e. The van der Waals surface area contributed by atoms with Crippen LogP contribution in [-0.4, -0.2) is 74.6 Å². The first-order valence-electron chi connectivity index (χ1n) is 8.34. The van der Waals surface area contributed by atoms with E-state index in [1.54, 1.807) is 0 Å². The second-order valence-corrected chi connectivity index (χ2v) is 7.27. The van der Waals surface area contributed by atoms with E-state index < -0.39 is 0 Å². The van der Waals surface area contributed by atoms with E-state index in [-0.39, 0.29) is 11.8 Å². The molecule has 0 aromatic heterocycles. The van der Waals surface area contributed by atoms with Gasteiger partial charge < -0.3 is 20.1 Å². The van der Waals surface area contributed by atoms with E-state index in [9.17, 15) is 0 Å². The minimum atomic E-state index is -0.353. The van der Waals surface area contributed by atoms with Gasteiger partial charge in [0.1, 0.15) is 0 Å². The maximum Gasteiger partial charge on any atom is 0.170 e. The van der Waals surface area contributed by atoms with Crippen LogP contribution in [-0.2, 0) is 9.47 Å². The Labute approximate surface area is 129 Å². The van der Waals surface area contributed by atoms with E-state index in [0.717, 1.165) is 52.1 Å². The second-order valence-electron chi connectivity index (χ2n) is 7.27. The number of hydrogen-bond acceptors (Lipinski definition) is 5. The fourth-order valence-corrected chi connectivity index (χ4v) is 3.50. The summed E-state index contributed by atoms with van der Waals surface area (Å²) in [4.78, 5) is 4.79. The van der Waals surface area contributed by atoms with Crippen LogP contribution < -0.4 is 5.73 Å². The Hall–Kier alpha value is -0.200. The zero-order chi connectivity index (χ0) is 15.5. The van der Waals surface area contributed by atoms with Gasteiger partial charge >= 0.3 is 0 Å². The molecule has 0 aromatic rings. The van der Waals surface area contributed by atoms with E-state index in [4.69, 9.17) is 15.2 Å². The molecule has 1 aliphatic carbocycles. The molecule has 2 atom stereocenters. The lowest BCUT2D eigenvalue weighted by Crippen LogP contribution is -2.57. The molecular formula is C16H33N3O2. The first-order chi connectivity index (χ1) is 9.92. The Morgan fingerprint density at radius 3 is 2.43 bits per heavy atom. The number of nitrogens with two attached hydrogens (primary N) is 1. The largest absolute Gasteiger partial charge is 0.347 e. The van der Waals surface area contributed by atoms with E-state index in [1.165, 1.54) is 0 Å². The zero-order valence-electron chi connectivity index (χ0n) is 14.2. The third-order valence-electron chi connectivity index (χ3n) is 4.59. The summed E-state index contributed by atoms with van der Waals surface area (Å²) in [7, 11) is 4.25. The van der Waals surface area contributed by atoms with Crippen LogP contribution in [0.25, 0.3) is 0 Å². The van der Waals surface area contributed by atoms with E-state index in [0.29, 0.717) is 12.0 Å². The summed E-state index contributed by atoms with van der Waals surface area (Å²) in [6.45, 7) is 9.20. The summed E-state index contributed by atoms with van der Waals surface area (Å²) in [5.74, 6) is 0.288. The summed E-state index contributed by atoms with van der Waals surface area (Å²) in [6.07, 6.45) is 2.84. The van der Waals surface area contributed by atoms with Gasteiger partial charge in [-0.1, -0.05) is 13.8 Å². The minimum Gasteiger partial charge on any atom is -0.347 e. The number of nitrogens with zero attached hydrogens (tertiary/aromatic N) is 2. The monoisotopic (exact) mass is 299 g/mol. The Kier molecular flexibility index (Phi) is 6.03. The Morgan fingerprint density at radius 2 is 1.86 bits per heavy atom. The number of hydrogen-bond donors (Lipinski definition) is 1. The van der Waals surface area contributed by atoms with Crippen LogP contribution in [0.2, 0.25) is 0 Å². The molecule has 124 valence electrons. The molecule has 2 rings (SSSR count). The number of ether oxygens (including phenoxy) is 2. The second kappa shape index (κ2) is 7.38. The molecule has 0 radical (unpaired) electrons. The first kappa shape index (κ1) is 17.2. The van der Waals surface area contributed by atoms with Gasteiger partial charge in [-0.2, -0.15) is 0 Å². The van der Waals surface area contributed by atoms with Crippen LogP contribution in [0.4, 0.5) is 0 Å².